The molecule has 0 bridgehead atoms. The summed E-state index contributed by atoms with van der Waals surface area (Å²) in [5.41, 5.74) is 4.23. The van der Waals surface area contributed by atoms with Crippen LogP contribution in [0.4, 0.5) is 13.2 Å². The molecule has 0 N–H and O–H groups in total. The van der Waals surface area contributed by atoms with Crippen LogP contribution in [-0.2, 0) is 24.2 Å². The van der Waals surface area contributed by atoms with Crippen LogP contribution >= 0.6 is 0 Å². The second-order valence-electron chi connectivity index (χ2n) is 10.1. The zero-order valence-corrected chi connectivity index (χ0v) is 21.5. The molecule has 1 saturated carbocycles. The largest absolute Gasteiger partial charge is 0.373 e. The molecule has 36 heavy (non-hydrogen) atoms. The number of hydrogen-bond donors (Lipinski definition) is 0. The third kappa shape index (κ3) is 6.39. The molecule has 4 rings (SSSR count). The van der Waals surface area contributed by atoms with Gasteiger partial charge < -0.3 is 4.74 Å². The number of hydrogen-bond acceptors (Lipinski definition) is 1. The van der Waals surface area contributed by atoms with Crippen molar-refractivity contribution in [3.63, 3.8) is 0 Å². The maximum Gasteiger partial charge on any atom is 0.167 e. The molecule has 3 aromatic rings. The van der Waals surface area contributed by atoms with E-state index in [1.165, 1.54) is 5.56 Å². The maximum atomic E-state index is 14.9. The van der Waals surface area contributed by atoms with Crippen LogP contribution in [-0.4, -0.2) is 6.10 Å². The Bertz CT molecular complexity index is 1130. The number of unbranched alkanes of at least 4 members (excludes halogenated alkanes) is 1. The summed E-state index contributed by atoms with van der Waals surface area (Å²) in [6.45, 7) is 4.28. The second-order valence-corrected chi connectivity index (χ2v) is 10.1. The summed E-state index contributed by atoms with van der Waals surface area (Å²) in [4.78, 5) is 0. The van der Waals surface area contributed by atoms with Crippen LogP contribution in [0.25, 0.3) is 11.1 Å². The quantitative estimate of drug-likeness (QED) is 0.273. The minimum Gasteiger partial charge on any atom is -0.373 e. The zero-order chi connectivity index (χ0) is 25.5. The van der Waals surface area contributed by atoms with Gasteiger partial charge in [0, 0.05) is 11.1 Å². The highest BCUT2D eigenvalue weighted by Crippen LogP contribution is 2.35. The van der Waals surface area contributed by atoms with Crippen molar-refractivity contribution in [1.82, 2.24) is 0 Å². The molecule has 1 aliphatic rings. The summed E-state index contributed by atoms with van der Waals surface area (Å²) in [6.07, 6.45) is 8.32. The van der Waals surface area contributed by atoms with Gasteiger partial charge in [-0.2, -0.15) is 0 Å². The van der Waals surface area contributed by atoms with Crippen LogP contribution in [0, 0.1) is 17.5 Å². The van der Waals surface area contributed by atoms with E-state index in [0.717, 1.165) is 68.9 Å². The molecule has 0 aromatic heterocycles. The molecule has 0 heterocycles. The molecule has 1 fully saturated rings. The average molecular weight is 495 g/mol. The van der Waals surface area contributed by atoms with Crippen LogP contribution in [0.15, 0.2) is 54.6 Å². The second kappa shape index (κ2) is 12.6. The normalized spacial score (nSPS) is 17.9. The van der Waals surface area contributed by atoms with Crippen molar-refractivity contribution in [3.8, 4) is 11.1 Å². The summed E-state index contributed by atoms with van der Waals surface area (Å²) >= 11 is 0. The van der Waals surface area contributed by atoms with E-state index in [-0.39, 0.29) is 29.7 Å². The number of benzene rings is 3. The first-order chi connectivity index (χ1) is 17.5. The van der Waals surface area contributed by atoms with E-state index < -0.39 is 11.6 Å². The van der Waals surface area contributed by atoms with Crippen molar-refractivity contribution in [3.05, 3.63) is 94.3 Å². The molecule has 0 saturated heterocycles. The third-order valence-corrected chi connectivity index (χ3v) is 7.46. The van der Waals surface area contributed by atoms with E-state index >= 15 is 0 Å². The lowest BCUT2D eigenvalue weighted by Gasteiger charge is -2.29. The summed E-state index contributed by atoms with van der Waals surface area (Å²) in [6, 6.07) is 16.6. The van der Waals surface area contributed by atoms with Gasteiger partial charge in [-0.25, -0.2) is 13.2 Å². The number of ether oxygens (including phenoxy) is 1. The van der Waals surface area contributed by atoms with Gasteiger partial charge in [0.25, 0.3) is 0 Å². The molecule has 4 heteroatoms. The van der Waals surface area contributed by atoms with E-state index in [1.54, 1.807) is 18.2 Å². The topological polar surface area (TPSA) is 9.23 Å². The van der Waals surface area contributed by atoms with E-state index in [4.69, 9.17) is 4.74 Å². The summed E-state index contributed by atoms with van der Waals surface area (Å²) in [5.74, 6) is -1.45. The van der Waals surface area contributed by atoms with Gasteiger partial charge in [-0.1, -0.05) is 75.2 Å². The van der Waals surface area contributed by atoms with Gasteiger partial charge in [-0.15, -0.1) is 0 Å². The maximum absolute atomic E-state index is 14.9. The van der Waals surface area contributed by atoms with Crippen LogP contribution in [0.3, 0.4) is 0 Å². The highest BCUT2D eigenvalue weighted by Gasteiger charge is 2.24. The summed E-state index contributed by atoms with van der Waals surface area (Å²) in [7, 11) is 0. The van der Waals surface area contributed by atoms with E-state index in [2.05, 4.69) is 19.9 Å². The monoisotopic (exact) mass is 494 g/mol. The predicted octanol–water partition coefficient (Wildman–Crippen LogP) is 9.31. The minimum absolute atomic E-state index is 0.00294. The first kappa shape index (κ1) is 26.5. The Balaban J connectivity index is 1.32. The molecule has 192 valence electrons. The molecule has 0 aliphatic heterocycles. The molecule has 0 radical (unpaired) electrons. The number of aryl methyl sites for hydroxylation is 2. The Hall–Kier alpha value is -2.59. The highest BCUT2D eigenvalue weighted by atomic mass is 19.2. The summed E-state index contributed by atoms with van der Waals surface area (Å²) in [5, 5.41) is 0. The molecule has 1 nitrogen and oxygen atoms in total. The fourth-order valence-corrected chi connectivity index (χ4v) is 5.22. The Labute approximate surface area is 213 Å². The fraction of sp³-hybridized carbons (Fsp3) is 0.438. The van der Waals surface area contributed by atoms with Crippen molar-refractivity contribution in [2.75, 3.05) is 0 Å². The molecular formula is C32H37F3O. The van der Waals surface area contributed by atoms with Crippen LogP contribution < -0.4 is 0 Å². The lowest BCUT2D eigenvalue weighted by molar-refractivity contribution is 0.0119. The molecule has 0 unspecified atom stereocenters. The fourth-order valence-electron chi connectivity index (χ4n) is 5.22. The van der Waals surface area contributed by atoms with Gasteiger partial charge in [0.15, 0.2) is 11.6 Å². The Morgan fingerprint density at radius 3 is 2.14 bits per heavy atom. The first-order valence-electron chi connectivity index (χ1n) is 13.5. The van der Waals surface area contributed by atoms with Crippen molar-refractivity contribution in [1.29, 1.82) is 0 Å². The van der Waals surface area contributed by atoms with Gasteiger partial charge in [0.1, 0.15) is 5.82 Å². The van der Waals surface area contributed by atoms with Gasteiger partial charge in [-0.3, -0.25) is 0 Å². The highest BCUT2D eigenvalue weighted by molar-refractivity contribution is 5.65. The van der Waals surface area contributed by atoms with Crippen molar-refractivity contribution in [2.24, 2.45) is 0 Å². The van der Waals surface area contributed by atoms with Gasteiger partial charge in [0.2, 0.25) is 0 Å². The average Bonchev–Trinajstić information content (AvgIpc) is 2.90. The van der Waals surface area contributed by atoms with Crippen molar-refractivity contribution in [2.45, 2.75) is 90.3 Å². The lowest BCUT2D eigenvalue weighted by Crippen LogP contribution is -2.21. The Morgan fingerprint density at radius 2 is 1.47 bits per heavy atom. The summed E-state index contributed by atoms with van der Waals surface area (Å²) < 4.78 is 50.2. The molecule has 0 spiro atoms. The number of halogens is 3. The minimum atomic E-state index is -0.836. The van der Waals surface area contributed by atoms with Crippen molar-refractivity contribution < 1.29 is 17.9 Å². The van der Waals surface area contributed by atoms with Gasteiger partial charge in [0.05, 0.1) is 12.7 Å². The Kier molecular flexibility index (Phi) is 9.25. The standard InChI is InChI=1S/C32H37F3O/c1-3-5-7-25-12-13-26(20-30(25)33)23-14-17-28(18-15-23)36-21-27-16-19-29(32(35)31(27)34)24-10-8-22(6-4-2)9-11-24/h8-13,16,19-20,23,28H,3-7,14-15,17-18,21H2,1-2H3. The van der Waals surface area contributed by atoms with Crippen LogP contribution in [0.5, 0.6) is 0 Å². The van der Waals surface area contributed by atoms with E-state index in [0.29, 0.717) is 11.5 Å². The van der Waals surface area contributed by atoms with E-state index in [1.807, 2.05) is 30.3 Å². The third-order valence-electron chi connectivity index (χ3n) is 7.46. The Morgan fingerprint density at radius 1 is 0.750 bits per heavy atom. The SMILES string of the molecule is CCCCc1ccc(C2CCC(OCc3ccc(-c4ccc(CCC)cc4)c(F)c3F)CC2)cc1F. The molecule has 1 aliphatic carbocycles. The smallest absolute Gasteiger partial charge is 0.167 e. The van der Waals surface area contributed by atoms with Gasteiger partial charge in [-0.05, 0) is 79.2 Å². The number of rotatable bonds is 10. The van der Waals surface area contributed by atoms with Crippen LogP contribution in [0.1, 0.15) is 87.0 Å². The molecular weight excluding hydrogens is 457 g/mol. The van der Waals surface area contributed by atoms with Crippen molar-refractivity contribution >= 4 is 0 Å². The molecule has 0 atom stereocenters. The molecule has 3 aromatic carbocycles. The first-order valence-corrected chi connectivity index (χ1v) is 13.5. The lowest BCUT2D eigenvalue weighted by atomic mass is 9.82. The van der Waals surface area contributed by atoms with E-state index in [9.17, 15) is 13.2 Å². The van der Waals surface area contributed by atoms with Crippen LogP contribution in [0.2, 0.25) is 0 Å². The van der Waals surface area contributed by atoms with Gasteiger partial charge >= 0.3 is 0 Å². The zero-order valence-electron chi connectivity index (χ0n) is 21.5. The molecule has 0 amide bonds. The predicted molar refractivity (Wildman–Crippen MR) is 141 cm³/mol.